The van der Waals surface area contributed by atoms with Gasteiger partial charge in [0.1, 0.15) is 16.4 Å². The van der Waals surface area contributed by atoms with Crippen molar-refractivity contribution in [3.63, 3.8) is 0 Å². The summed E-state index contributed by atoms with van der Waals surface area (Å²) in [5.41, 5.74) is 7.40. The Morgan fingerprint density at radius 1 is 1.27 bits per heavy atom. The standard InChI is InChI=1S/C15H15N5OS/c1-2-10(16)12-14(21)18-13(20-19-12)11-8-22-15(17-11)9-6-4-3-5-7-9/h3-8,10H,2,16H2,1H3,(H,18,20,21). The van der Waals surface area contributed by atoms with Crippen LogP contribution >= 0.6 is 11.3 Å². The lowest BCUT2D eigenvalue weighted by Gasteiger charge is -2.05. The third kappa shape index (κ3) is 2.81. The largest absolute Gasteiger partial charge is 0.322 e. The highest BCUT2D eigenvalue weighted by atomic mass is 32.1. The van der Waals surface area contributed by atoms with Crippen LogP contribution in [0, 0.1) is 0 Å². The first-order valence-electron chi connectivity index (χ1n) is 6.93. The number of thiazole rings is 1. The smallest absolute Gasteiger partial charge is 0.274 e. The quantitative estimate of drug-likeness (QED) is 0.770. The molecule has 0 aliphatic rings. The Bertz CT molecular complexity index is 827. The molecule has 0 aliphatic carbocycles. The Morgan fingerprint density at radius 3 is 2.73 bits per heavy atom. The predicted octanol–water partition coefficient (Wildman–Crippen LogP) is 2.37. The number of nitrogens with zero attached hydrogens (tertiary/aromatic N) is 3. The van der Waals surface area contributed by atoms with Gasteiger partial charge in [-0.15, -0.1) is 21.5 Å². The van der Waals surface area contributed by atoms with Gasteiger partial charge in [-0.3, -0.25) is 4.79 Å². The van der Waals surface area contributed by atoms with E-state index in [4.69, 9.17) is 5.73 Å². The second kappa shape index (κ2) is 6.17. The van der Waals surface area contributed by atoms with Crippen molar-refractivity contribution in [1.82, 2.24) is 20.2 Å². The lowest BCUT2D eigenvalue weighted by Crippen LogP contribution is -2.25. The second-order valence-corrected chi connectivity index (χ2v) is 5.66. The highest BCUT2D eigenvalue weighted by Crippen LogP contribution is 2.26. The normalized spacial score (nSPS) is 12.3. The van der Waals surface area contributed by atoms with Crippen LogP contribution in [0.4, 0.5) is 0 Å². The number of nitrogens with two attached hydrogens (primary N) is 1. The van der Waals surface area contributed by atoms with Crippen molar-refractivity contribution in [3.8, 4) is 22.1 Å². The van der Waals surface area contributed by atoms with Crippen molar-refractivity contribution in [2.75, 3.05) is 0 Å². The summed E-state index contributed by atoms with van der Waals surface area (Å²) in [6, 6.07) is 9.44. The number of nitrogens with one attached hydrogen (secondary N) is 1. The van der Waals surface area contributed by atoms with Crippen molar-refractivity contribution >= 4 is 11.3 Å². The molecule has 0 saturated heterocycles. The van der Waals surface area contributed by atoms with Crippen LogP contribution in [0.15, 0.2) is 40.5 Å². The molecular formula is C15H15N5OS. The van der Waals surface area contributed by atoms with Gasteiger partial charge in [0, 0.05) is 10.9 Å². The minimum atomic E-state index is -0.402. The van der Waals surface area contributed by atoms with E-state index in [2.05, 4.69) is 20.2 Å². The van der Waals surface area contributed by atoms with E-state index in [0.29, 0.717) is 17.9 Å². The lowest BCUT2D eigenvalue weighted by molar-refractivity contribution is 0.645. The van der Waals surface area contributed by atoms with E-state index in [0.717, 1.165) is 10.6 Å². The van der Waals surface area contributed by atoms with E-state index in [1.807, 2.05) is 42.6 Å². The van der Waals surface area contributed by atoms with Crippen molar-refractivity contribution in [1.29, 1.82) is 0 Å². The van der Waals surface area contributed by atoms with E-state index in [9.17, 15) is 4.79 Å². The van der Waals surface area contributed by atoms with E-state index >= 15 is 0 Å². The highest BCUT2D eigenvalue weighted by molar-refractivity contribution is 7.13. The topological polar surface area (TPSA) is 97.5 Å². The SMILES string of the molecule is CCC(N)c1nnc(-c2csc(-c3ccccc3)n2)[nH]c1=O. The Morgan fingerprint density at radius 2 is 2.05 bits per heavy atom. The summed E-state index contributed by atoms with van der Waals surface area (Å²) in [5, 5.41) is 10.7. The number of benzene rings is 1. The predicted molar refractivity (Wildman–Crippen MR) is 86.4 cm³/mol. The minimum Gasteiger partial charge on any atom is -0.322 e. The molecule has 0 bridgehead atoms. The first kappa shape index (κ1) is 14.6. The Kier molecular flexibility index (Phi) is 4.08. The molecule has 1 atom stereocenters. The Hall–Kier alpha value is -2.38. The van der Waals surface area contributed by atoms with Gasteiger partial charge >= 0.3 is 0 Å². The molecule has 0 amide bonds. The van der Waals surface area contributed by atoms with Crippen LogP contribution in [0.2, 0.25) is 0 Å². The van der Waals surface area contributed by atoms with E-state index < -0.39 is 6.04 Å². The number of aromatic nitrogens is 4. The zero-order valence-corrected chi connectivity index (χ0v) is 12.8. The molecule has 3 rings (SSSR count). The molecule has 1 aromatic carbocycles. The van der Waals surface area contributed by atoms with Crippen molar-refractivity contribution < 1.29 is 0 Å². The van der Waals surface area contributed by atoms with Crippen molar-refractivity contribution in [2.24, 2.45) is 5.73 Å². The van der Waals surface area contributed by atoms with Gasteiger partial charge in [-0.1, -0.05) is 37.3 Å². The maximum Gasteiger partial charge on any atom is 0.274 e. The molecule has 2 heterocycles. The molecule has 0 spiro atoms. The first-order chi connectivity index (χ1) is 10.7. The fourth-order valence-corrected chi connectivity index (χ4v) is 2.80. The summed E-state index contributed by atoms with van der Waals surface area (Å²) in [6.45, 7) is 1.90. The molecule has 7 heteroatoms. The molecule has 0 saturated carbocycles. The molecule has 3 aromatic rings. The molecule has 6 nitrogen and oxygen atoms in total. The van der Waals surface area contributed by atoms with E-state index in [1.165, 1.54) is 11.3 Å². The van der Waals surface area contributed by atoms with E-state index in [1.54, 1.807) is 0 Å². The van der Waals surface area contributed by atoms with Gasteiger partial charge in [0.05, 0.1) is 6.04 Å². The fraction of sp³-hybridized carbons (Fsp3) is 0.200. The molecular weight excluding hydrogens is 298 g/mol. The fourth-order valence-electron chi connectivity index (χ4n) is 1.99. The van der Waals surface area contributed by atoms with Gasteiger partial charge in [0.2, 0.25) is 0 Å². The Balaban J connectivity index is 1.94. The average molecular weight is 313 g/mol. The number of hydrogen-bond acceptors (Lipinski definition) is 6. The van der Waals surface area contributed by atoms with Crippen LogP contribution in [0.25, 0.3) is 22.1 Å². The molecule has 2 aromatic heterocycles. The molecule has 0 aliphatic heterocycles. The van der Waals surface area contributed by atoms with Gasteiger partial charge in [-0.2, -0.15) is 0 Å². The zero-order chi connectivity index (χ0) is 15.5. The molecule has 0 fully saturated rings. The molecule has 112 valence electrons. The highest BCUT2D eigenvalue weighted by Gasteiger charge is 2.14. The van der Waals surface area contributed by atoms with Crippen LogP contribution in [-0.2, 0) is 0 Å². The third-order valence-corrected chi connectivity index (χ3v) is 4.17. The lowest BCUT2D eigenvalue weighted by atomic mass is 10.2. The third-order valence-electron chi connectivity index (χ3n) is 3.28. The second-order valence-electron chi connectivity index (χ2n) is 4.81. The van der Waals surface area contributed by atoms with Crippen LogP contribution in [0.1, 0.15) is 25.1 Å². The summed E-state index contributed by atoms with van der Waals surface area (Å²) in [7, 11) is 0. The van der Waals surface area contributed by atoms with E-state index in [-0.39, 0.29) is 11.3 Å². The van der Waals surface area contributed by atoms with Crippen LogP contribution in [-0.4, -0.2) is 20.2 Å². The monoisotopic (exact) mass is 313 g/mol. The number of H-pyrrole nitrogens is 1. The summed E-state index contributed by atoms with van der Waals surface area (Å²) in [4.78, 5) is 19.2. The summed E-state index contributed by atoms with van der Waals surface area (Å²) in [5.74, 6) is 0.357. The molecule has 0 radical (unpaired) electrons. The summed E-state index contributed by atoms with van der Waals surface area (Å²) < 4.78 is 0. The van der Waals surface area contributed by atoms with Gasteiger partial charge in [-0.25, -0.2) is 4.98 Å². The first-order valence-corrected chi connectivity index (χ1v) is 7.80. The molecule has 1 unspecified atom stereocenters. The molecule has 22 heavy (non-hydrogen) atoms. The number of rotatable bonds is 4. The van der Waals surface area contributed by atoms with Crippen molar-refractivity contribution in [3.05, 3.63) is 51.8 Å². The maximum absolute atomic E-state index is 12.0. The van der Waals surface area contributed by atoms with Gasteiger partial charge < -0.3 is 10.7 Å². The summed E-state index contributed by atoms with van der Waals surface area (Å²) >= 11 is 1.49. The Labute approximate surface area is 131 Å². The van der Waals surface area contributed by atoms with Gasteiger partial charge in [0.15, 0.2) is 5.82 Å². The van der Waals surface area contributed by atoms with Gasteiger partial charge in [0.25, 0.3) is 5.56 Å². The van der Waals surface area contributed by atoms with Crippen molar-refractivity contribution in [2.45, 2.75) is 19.4 Å². The van der Waals surface area contributed by atoms with Crippen LogP contribution in [0.5, 0.6) is 0 Å². The minimum absolute atomic E-state index is 0.254. The van der Waals surface area contributed by atoms with Gasteiger partial charge in [-0.05, 0) is 6.42 Å². The zero-order valence-electron chi connectivity index (χ0n) is 12.0. The number of aromatic amines is 1. The van der Waals surface area contributed by atoms with Crippen LogP contribution < -0.4 is 11.3 Å². The average Bonchev–Trinajstić information content (AvgIpc) is 3.05. The molecule has 3 N–H and O–H groups in total. The maximum atomic E-state index is 12.0. The summed E-state index contributed by atoms with van der Waals surface area (Å²) in [6.07, 6.45) is 0.631. The number of hydrogen-bond donors (Lipinski definition) is 2. The van der Waals surface area contributed by atoms with Crippen LogP contribution in [0.3, 0.4) is 0 Å².